The van der Waals surface area contributed by atoms with Crippen LogP contribution in [0.15, 0.2) is 0 Å². The fraction of sp³-hybridized carbons (Fsp3) is 0.889. The van der Waals surface area contributed by atoms with Gasteiger partial charge in [0, 0.05) is 12.3 Å². The lowest BCUT2D eigenvalue weighted by atomic mass is 9.67. The Bertz CT molecular complexity index is 846. The Balaban J connectivity index is 1.55. The Morgan fingerprint density at radius 1 is 1.25 bits per heavy atom. The maximum absolute atomic E-state index is 13.4. The van der Waals surface area contributed by atoms with E-state index in [1.807, 2.05) is 0 Å². The van der Waals surface area contributed by atoms with Crippen LogP contribution in [0.5, 0.6) is 0 Å². The third kappa shape index (κ3) is 4.11. The first-order valence-corrected chi connectivity index (χ1v) is 11.5. The molecule has 0 saturated carbocycles. The van der Waals surface area contributed by atoms with Gasteiger partial charge in [-0.15, -0.1) is 0 Å². The fourth-order valence-electron chi connectivity index (χ4n) is 4.68. The molecule has 3 heterocycles. The molecule has 0 aromatic rings. The van der Waals surface area contributed by atoms with Crippen molar-refractivity contribution in [3.05, 3.63) is 0 Å². The predicted molar refractivity (Wildman–Crippen MR) is 95.9 cm³/mol. The number of hydrogen-bond donors (Lipinski definition) is 1. The number of fused-ring (bicyclic) bond motifs is 1. The van der Waals surface area contributed by atoms with Crippen LogP contribution in [0.1, 0.15) is 33.1 Å². The summed E-state index contributed by atoms with van der Waals surface area (Å²) < 4.78 is 91.9. The molecule has 3 aliphatic heterocycles. The van der Waals surface area contributed by atoms with Gasteiger partial charge in [-0.25, -0.2) is 17.6 Å². The standard InChI is InChI=1S/C18H25F3O10S/c1-3-17(24,4-2)11-10-12-15(31-16(10)23)14(13(11)30-12)29-7-9(22)28-6-5-8(19)18(20,21)32(25,26)27/h8,10-15,24H,3-7H2,1-2H3,(H,25,26,27)/p-1. The molecule has 1 N–H and O–H groups in total. The average Bonchev–Trinajstić information content (AvgIpc) is 3.33. The highest BCUT2D eigenvalue weighted by atomic mass is 32.2. The van der Waals surface area contributed by atoms with Crippen LogP contribution >= 0.6 is 0 Å². The van der Waals surface area contributed by atoms with Crippen LogP contribution in [0.2, 0.25) is 0 Å². The van der Waals surface area contributed by atoms with Gasteiger partial charge < -0.3 is 28.6 Å². The Labute approximate surface area is 182 Å². The SMILES string of the molecule is CCC(O)(CC)C1C2OC3C(OC(=O)C31)C2OCC(=O)OCCC(F)C(F)(F)S(=O)(=O)[O-]. The zero-order valence-corrected chi connectivity index (χ0v) is 18.1. The molecular weight excluding hydrogens is 465 g/mol. The molecule has 0 radical (unpaired) electrons. The van der Waals surface area contributed by atoms with Crippen molar-refractivity contribution in [3.63, 3.8) is 0 Å². The Hall–Kier alpha value is -1.48. The summed E-state index contributed by atoms with van der Waals surface area (Å²) in [4.78, 5) is 24.2. The Morgan fingerprint density at radius 2 is 1.88 bits per heavy atom. The number of aliphatic hydroxyl groups is 1. The number of carbonyl (C=O) groups excluding carboxylic acids is 2. The molecule has 2 bridgehead atoms. The molecule has 7 atom stereocenters. The lowest BCUT2D eigenvalue weighted by molar-refractivity contribution is -0.158. The van der Waals surface area contributed by atoms with Crippen molar-refractivity contribution in [1.82, 2.24) is 0 Å². The molecule has 0 amide bonds. The molecular formula is C18H24F3O10S-. The van der Waals surface area contributed by atoms with Gasteiger partial charge in [0.05, 0.1) is 24.2 Å². The van der Waals surface area contributed by atoms with Gasteiger partial charge >= 0.3 is 17.2 Å². The molecule has 32 heavy (non-hydrogen) atoms. The van der Waals surface area contributed by atoms with Crippen molar-refractivity contribution >= 4 is 22.1 Å². The maximum atomic E-state index is 13.4. The highest BCUT2D eigenvalue weighted by Crippen LogP contribution is 2.55. The van der Waals surface area contributed by atoms with E-state index in [0.717, 1.165) is 0 Å². The highest BCUT2D eigenvalue weighted by Gasteiger charge is 2.72. The van der Waals surface area contributed by atoms with E-state index in [9.17, 15) is 40.8 Å². The van der Waals surface area contributed by atoms with Gasteiger partial charge in [-0.1, -0.05) is 13.8 Å². The van der Waals surface area contributed by atoms with Crippen molar-refractivity contribution in [2.75, 3.05) is 13.2 Å². The lowest BCUT2D eigenvalue weighted by Crippen LogP contribution is -2.53. The minimum atomic E-state index is -6.21. The minimum Gasteiger partial charge on any atom is -0.743 e. The number of carbonyl (C=O) groups is 2. The van der Waals surface area contributed by atoms with E-state index in [2.05, 4.69) is 4.74 Å². The normalized spacial score (nSPS) is 32.8. The van der Waals surface area contributed by atoms with Crippen LogP contribution in [0.4, 0.5) is 13.2 Å². The largest absolute Gasteiger partial charge is 0.743 e. The number of halogens is 3. The second-order valence-corrected chi connectivity index (χ2v) is 9.55. The second-order valence-electron chi connectivity index (χ2n) is 8.10. The van der Waals surface area contributed by atoms with E-state index in [-0.39, 0.29) is 0 Å². The quantitative estimate of drug-likeness (QED) is 0.317. The summed E-state index contributed by atoms with van der Waals surface area (Å²) in [6.07, 6.45) is -6.90. The minimum absolute atomic E-state index is 0.345. The number of hydrogen-bond acceptors (Lipinski definition) is 10. The average molecular weight is 489 g/mol. The molecule has 10 nitrogen and oxygen atoms in total. The van der Waals surface area contributed by atoms with Gasteiger partial charge in [-0.05, 0) is 12.8 Å². The van der Waals surface area contributed by atoms with Crippen LogP contribution in [-0.2, 0) is 38.7 Å². The molecule has 3 fully saturated rings. The third-order valence-electron chi connectivity index (χ3n) is 6.48. The monoisotopic (exact) mass is 489 g/mol. The van der Waals surface area contributed by atoms with Crippen LogP contribution in [0.3, 0.4) is 0 Å². The summed E-state index contributed by atoms with van der Waals surface area (Å²) >= 11 is 0. The van der Waals surface area contributed by atoms with E-state index in [1.54, 1.807) is 13.8 Å². The molecule has 0 aromatic carbocycles. The molecule has 0 aromatic heterocycles. The zero-order valence-electron chi connectivity index (χ0n) is 17.2. The molecule has 0 spiro atoms. The van der Waals surface area contributed by atoms with E-state index in [1.165, 1.54) is 0 Å². The number of alkyl halides is 3. The highest BCUT2D eigenvalue weighted by molar-refractivity contribution is 7.86. The lowest BCUT2D eigenvalue weighted by Gasteiger charge is -2.39. The van der Waals surface area contributed by atoms with Crippen molar-refractivity contribution in [2.45, 2.75) is 74.6 Å². The van der Waals surface area contributed by atoms with Crippen molar-refractivity contribution in [3.8, 4) is 0 Å². The number of esters is 2. The van der Waals surface area contributed by atoms with Crippen LogP contribution in [0, 0.1) is 11.8 Å². The number of rotatable bonds is 11. The second kappa shape index (κ2) is 8.70. The summed E-state index contributed by atoms with van der Waals surface area (Å²) in [5.41, 5.74) is -1.22. The van der Waals surface area contributed by atoms with Gasteiger partial charge in [0.15, 0.2) is 22.4 Å². The summed E-state index contributed by atoms with van der Waals surface area (Å²) in [6, 6.07) is 0. The summed E-state index contributed by atoms with van der Waals surface area (Å²) in [5, 5.41) is 5.83. The first-order valence-electron chi connectivity index (χ1n) is 10.1. The van der Waals surface area contributed by atoms with Crippen molar-refractivity contribution < 1.29 is 59.8 Å². The van der Waals surface area contributed by atoms with E-state index < -0.39 is 95.0 Å². The smallest absolute Gasteiger partial charge is 0.364 e. The number of ether oxygens (including phenoxy) is 4. The fourth-order valence-corrected chi connectivity index (χ4v) is 5.11. The zero-order chi connectivity index (χ0) is 24.1. The van der Waals surface area contributed by atoms with E-state index in [0.29, 0.717) is 12.8 Å². The first-order chi connectivity index (χ1) is 14.8. The summed E-state index contributed by atoms with van der Waals surface area (Å²) in [5.74, 6) is -2.86. The van der Waals surface area contributed by atoms with E-state index in [4.69, 9.17) is 14.2 Å². The van der Waals surface area contributed by atoms with Gasteiger partial charge in [0.1, 0.15) is 18.8 Å². The molecule has 3 saturated heterocycles. The van der Waals surface area contributed by atoms with Gasteiger partial charge in [-0.2, -0.15) is 8.78 Å². The first kappa shape index (κ1) is 25.1. The van der Waals surface area contributed by atoms with Crippen molar-refractivity contribution in [1.29, 1.82) is 0 Å². The van der Waals surface area contributed by atoms with Gasteiger partial charge in [0.25, 0.3) is 0 Å². The molecule has 7 unspecified atom stereocenters. The molecule has 184 valence electrons. The molecule has 0 aliphatic carbocycles. The van der Waals surface area contributed by atoms with Crippen LogP contribution in [0.25, 0.3) is 0 Å². The molecule has 14 heteroatoms. The summed E-state index contributed by atoms with van der Waals surface area (Å²) in [6.45, 7) is 1.89. The maximum Gasteiger partial charge on any atom is 0.364 e. The van der Waals surface area contributed by atoms with Crippen LogP contribution < -0.4 is 0 Å². The molecule has 3 aliphatic rings. The van der Waals surface area contributed by atoms with Crippen LogP contribution in [-0.4, -0.2) is 84.7 Å². The van der Waals surface area contributed by atoms with Crippen molar-refractivity contribution in [2.24, 2.45) is 11.8 Å². The molecule has 3 rings (SSSR count). The van der Waals surface area contributed by atoms with Gasteiger partial charge in [-0.3, -0.25) is 4.79 Å². The van der Waals surface area contributed by atoms with Gasteiger partial charge in [0.2, 0.25) is 0 Å². The predicted octanol–water partition coefficient (Wildman–Crippen LogP) is 0.271. The third-order valence-corrected chi connectivity index (χ3v) is 7.40. The summed E-state index contributed by atoms with van der Waals surface area (Å²) in [7, 11) is -6.21. The Kier molecular flexibility index (Phi) is 6.84. The topological polar surface area (TPSA) is 148 Å². The Morgan fingerprint density at radius 3 is 2.44 bits per heavy atom. The van der Waals surface area contributed by atoms with E-state index >= 15 is 0 Å².